The van der Waals surface area contributed by atoms with E-state index in [2.05, 4.69) is 0 Å². The van der Waals surface area contributed by atoms with Crippen LogP contribution in [0.2, 0.25) is 0 Å². The Bertz CT molecular complexity index is 764. The molecule has 6 heteroatoms. The number of aromatic hydroxyl groups is 1. The second kappa shape index (κ2) is 16.6. The highest BCUT2D eigenvalue weighted by Crippen LogP contribution is 2.15. The first-order chi connectivity index (χ1) is 14.2. The van der Waals surface area contributed by atoms with Crippen molar-refractivity contribution in [2.45, 2.75) is 80.4 Å². The Hall–Kier alpha value is -3.02. The van der Waals surface area contributed by atoms with Crippen molar-refractivity contribution in [2.24, 2.45) is 0 Å². The summed E-state index contributed by atoms with van der Waals surface area (Å²) in [5.41, 5.74) is 2.04. The fourth-order valence-electron chi connectivity index (χ4n) is 2.49. The van der Waals surface area contributed by atoms with Crippen LogP contribution in [0.15, 0.2) is 48.5 Å². The molecular weight excluding hydrogens is 408 g/mol. The van der Waals surface area contributed by atoms with Crippen LogP contribution in [-0.2, 0) is 27.2 Å². The van der Waals surface area contributed by atoms with Gasteiger partial charge in [-0.1, -0.05) is 39.1 Å². The maximum Gasteiger partial charge on any atom is 0.306 e. The van der Waals surface area contributed by atoms with Crippen molar-refractivity contribution in [1.82, 2.24) is 0 Å². The molecule has 0 atom stereocenters. The van der Waals surface area contributed by atoms with Gasteiger partial charge in [0, 0.05) is 12.8 Å². The van der Waals surface area contributed by atoms with E-state index in [1.54, 1.807) is 24.3 Å². The number of carbonyl (C=O) groups excluding carboxylic acids is 1. The van der Waals surface area contributed by atoms with Gasteiger partial charge in [0.15, 0.2) is 0 Å². The second-order valence-corrected chi connectivity index (χ2v) is 7.41. The quantitative estimate of drug-likeness (QED) is 0.454. The van der Waals surface area contributed by atoms with E-state index in [4.69, 9.17) is 19.7 Å². The van der Waals surface area contributed by atoms with Gasteiger partial charge in [-0.25, -0.2) is 0 Å². The van der Waals surface area contributed by atoms with Gasteiger partial charge in [-0.2, -0.15) is 0 Å². The molecule has 0 aliphatic heterocycles. The highest BCUT2D eigenvalue weighted by Gasteiger charge is 2.06. The van der Waals surface area contributed by atoms with E-state index in [1.807, 2.05) is 52.0 Å². The van der Waals surface area contributed by atoms with Crippen molar-refractivity contribution in [3.8, 4) is 11.5 Å². The lowest BCUT2D eigenvalue weighted by Gasteiger charge is -2.10. The molecular formula is C26H40O6. The summed E-state index contributed by atoms with van der Waals surface area (Å²) < 4.78 is 10.6. The van der Waals surface area contributed by atoms with Crippen molar-refractivity contribution in [3.05, 3.63) is 59.7 Å². The number of carboxylic acid groups (broad SMARTS) is 1. The topological polar surface area (TPSA) is 93.1 Å². The summed E-state index contributed by atoms with van der Waals surface area (Å²) in [5.74, 6) is 0.114. The monoisotopic (exact) mass is 448 g/mol. The average molecular weight is 449 g/mol. The summed E-state index contributed by atoms with van der Waals surface area (Å²) in [7, 11) is 0. The molecule has 0 aliphatic rings. The van der Waals surface area contributed by atoms with Crippen molar-refractivity contribution < 1.29 is 29.3 Å². The van der Waals surface area contributed by atoms with E-state index in [0.29, 0.717) is 19.3 Å². The van der Waals surface area contributed by atoms with Gasteiger partial charge in [-0.3, -0.25) is 9.59 Å². The number of rotatable bonds is 9. The molecule has 0 saturated carbocycles. The molecule has 2 rings (SSSR count). The maximum atomic E-state index is 11.4. The van der Waals surface area contributed by atoms with Crippen LogP contribution in [0.4, 0.5) is 0 Å². The first-order valence-electron chi connectivity index (χ1n) is 10.1. The second-order valence-electron chi connectivity index (χ2n) is 7.41. The lowest BCUT2D eigenvalue weighted by Crippen LogP contribution is -2.11. The molecule has 0 amide bonds. The summed E-state index contributed by atoms with van der Waals surface area (Å²) in [6, 6.07) is 14.4. The zero-order chi connectivity index (χ0) is 22.5. The van der Waals surface area contributed by atoms with Crippen molar-refractivity contribution in [3.63, 3.8) is 0 Å². The van der Waals surface area contributed by atoms with Gasteiger partial charge < -0.3 is 19.7 Å². The molecule has 0 radical (unpaired) electrons. The molecule has 2 N–H and O–H groups in total. The fraction of sp³-hybridized carbons (Fsp3) is 0.462. The minimum atomic E-state index is -0.803. The molecule has 0 spiro atoms. The standard InChI is InChI=1S/C15H22O3.C9H10O3.2CH4/c1-11(2)17-14-8-5-13(6-9-14)7-10-15(16)18-12(3)4;10-8-4-1-7(2-5-8)3-6-9(11)12;;/h5-6,8-9,11-12H,7,10H2,1-4H3;1-2,4-5,10H,3,6H2,(H,11,12);2*1H4. The molecule has 0 fully saturated rings. The highest BCUT2D eigenvalue weighted by atomic mass is 16.5. The summed E-state index contributed by atoms with van der Waals surface area (Å²) in [6.45, 7) is 7.71. The van der Waals surface area contributed by atoms with Crippen LogP contribution in [0.1, 0.15) is 66.5 Å². The number of ether oxygens (including phenoxy) is 2. The molecule has 2 aromatic carbocycles. The third kappa shape index (κ3) is 14.9. The van der Waals surface area contributed by atoms with Crippen LogP contribution < -0.4 is 4.74 Å². The Labute approximate surface area is 193 Å². The van der Waals surface area contributed by atoms with Gasteiger partial charge in [0.1, 0.15) is 11.5 Å². The van der Waals surface area contributed by atoms with Gasteiger partial charge >= 0.3 is 11.9 Å². The zero-order valence-electron chi connectivity index (χ0n) is 18.1. The Balaban J connectivity index is 0. The van der Waals surface area contributed by atoms with E-state index < -0.39 is 5.97 Å². The van der Waals surface area contributed by atoms with Crippen LogP contribution >= 0.6 is 0 Å². The fourth-order valence-corrected chi connectivity index (χ4v) is 2.49. The lowest BCUT2D eigenvalue weighted by molar-refractivity contribution is -0.147. The molecule has 6 nitrogen and oxygen atoms in total. The SMILES string of the molecule is C.C.CC(C)OC(=O)CCc1ccc(OC(C)C)cc1.O=C(O)CCc1ccc(O)cc1. The predicted molar refractivity (Wildman–Crippen MR) is 129 cm³/mol. The van der Waals surface area contributed by atoms with Crippen LogP contribution in [0.3, 0.4) is 0 Å². The van der Waals surface area contributed by atoms with Gasteiger partial charge in [-0.15, -0.1) is 0 Å². The molecule has 0 bridgehead atoms. The number of hydrogen-bond donors (Lipinski definition) is 2. The number of carboxylic acids is 1. The van der Waals surface area contributed by atoms with E-state index in [1.165, 1.54) is 0 Å². The van der Waals surface area contributed by atoms with Crippen LogP contribution in [0.25, 0.3) is 0 Å². The molecule has 0 heterocycles. The molecule has 32 heavy (non-hydrogen) atoms. The molecule has 180 valence electrons. The van der Waals surface area contributed by atoms with E-state index >= 15 is 0 Å². The molecule has 0 unspecified atom stereocenters. The van der Waals surface area contributed by atoms with E-state index in [-0.39, 0.29) is 45.2 Å². The number of carbonyl (C=O) groups is 2. The number of hydrogen-bond acceptors (Lipinski definition) is 5. The van der Waals surface area contributed by atoms with Crippen LogP contribution in [0, 0.1) is 0 Å². The first-order valence-corrected chi connectivity index (χ1v) is 10.1. The number of phenolic OH excluding ortho intramolecular Hbond substituents is 1. The average Bonchev–Trinajstić information content (AvgIpc) is 2.66. The van der Waals surface area contributed by atoms with Crippen molar-refractivity contribution in [2.75, 3.05) is 0 Å². The summed E-state index contributed by atoms with van der Waals surface area (Å²) in [4.78, 5) is 21.6. The van der Waals surface area contributed by atoms with Crippen LogP contribution in [0.5, 0.6) is 11.5 Å². The van der Waals surface area contributed by atoms with E-state index in [9.17, 15) is 9.59 Å². The van der Waals surface area contributed by atoms with Crippen LogP contribution in [-0.4, -0.2) is 34.4 Å². The smallest absolute Gasteiger partial charge is 0.306 e. The number of aliphatic carboxylic acids is 1. The Morgan fingerprint density at radius 3 is 1.69 bits per heavy atom. The van der Waals surface area contributed by atoms with Gasteiger partial charge in [0.2, 0.25) is 0 Å². The minimum Gasteiger partial charge on any atom is -0.508 e. The number of benzene rings is 2. The molecule has 0 aliphatic carbocycles. The number of esters is 1. The third-order valence-electron chi connectivity index (χ3n) is 3.84. The lowest BCUT2D eigenvalue weighted by atomic mass is 10.1. The Morgan fingerprint density at radius 1 is 0.781 bits per heavy atom. The van der Waals surface area contributed by atoms with Gasteiger partial charge in [0.05, 0.1) is 12.2 Å². The van der Waals surface area contributed by atoms with Gasteiger partial charge in [0.25, 0.3) is 0 Å². The molecule has 0 saturated heterocycles. The highest BCUT2D eigenvalue weighted by molar-refractivity contribution is 5.69. The van der Waals surface area contributed by atoms with Crippen molar-refractivity contribution >= 4 is 11.9 Å². The van der Waals surface area contributed by atoms with Gasteiger partial charge in [-0.05, 0) is 75.9 Å². The largest absolute Gasteiger partial charge is 0.508 e. The van der Waals surface area contributed by atoms with Crippen molar-refractivity contribution in [1.29, 1.82) is 0 Å². The Morgan fingerprint density at radius 2 is 1.25 bits per heavy atom. The van der Waals surface area contributed by atoms with E-state index in [0.717, 1.165) is 16.9 Å². The first kappa shape index (κ1) is 31.2. The zero-order valence-corrected chi connectivity index (χ0v) is 18.1. The number of aryl methyl sites for hydroxylation is 2. The minimum absolute atomic E-state index is 0. The summed E-state index contributed by atoms with van der Waals surface area (Å²) >= 11 is 0. The normalized spacial score (nSPS) is 9.69. The summed E-state index contributed by atoms with van der Waals surface area (Å²) in [5, 5.41) is 17.3. The maximum absolute atomic E-state index is 11.4. The predicted octanol–water partition coefficient (Wildman–Crippen LogP) is 6.04. The summed E-state index contributed by atoms with van der Waals surface area (Å²) in [6.07, 6.45) is 1.90. The molecule has 2 aromatic rings. The number of phenols is 1. The molecule has 0 aromatic heterocycles. The Kier molecular flexibility index (Phi) is 16.2. The third-order valence-corrected chi connectivity index (χ3v) is 3.84.